The zero-order valence-electron chi connectivity index (χ0n) is 25.7. The number of rotatable bonds is 24. The van der Waals surface area contributed by atoms with Crippen molar-refractivity contribution in [2.45, 2.75) is 57.8 Å². The summed E-state index contributed by atoms with van der Waals surface area (Å²) in [6, 6.07) is 16.6. The maximum absolute atomic E-state index is 12.2. The van der Waals surface area contributed by atoms with Crippen molar-refractivity contribution in [3.63, 3.8) is 0 Å². The monoisotopic (exact) mass is 599 g/mol. The number of benzene rings is 2. The SMILES string of the molecule is CCCCCCCC(=O)OCCOCCOCCOCCOCCCNC(=O)OCC1c2ccccc2-c2ccccc21. The first kappa shape index (κ1) is 34.5. The number of hydrogen-bond acceptors (Lipinski definition) is 8. The number of carbonyl (C=O) groups is 2. The zero-order chi connectivity index (χ0) is 30.4. The molecule has 43 heavy (non-hydrogen) atoms. The molecule has 9 heteroatoms. The van der Waals surface area contributed by atoms with Crippen molar-refractivity contribution in [3.05, 3.63) is 59.7 Å². The normalized spacial score (nSPS) is 12.1. The standard InChI is InChI=1S/C34H49NO8/c1-2-3-4-5-6-16-33(36)42-26-25-41-24-23-40-22-21-39-20-19-38-18-11-17-35-34(37)43-27-32-30-14-9-7-12-28(30)29-13-8-10-15-31(29)32/h7-10,12-15,32H,2-6,11,16-27H2,1H3,(H,35,37). The van der Waals surface area contributed by atoms with Crippen LogP contribution in [0.2, 0.25) is 0 Å². The van der Waals surface area contributed by atoms with Gasteiger partial charge >= 0.3 is 12.1 Å². The number of ether oxygens (including phenoxy) is 6. The fourth-order valence-corrected chi connectivity index (χ4v) is 4.94. The molecule has 0 saturated carbocycles. The summed E-state index contributed by atoms with van der Waals surface area (Å²) in [7, 11) is 0. The lowest BCUT2D eigenvalue weighted by Crippen LogP contribution is -2.27. The summed E-state index contributed by atoms with van der Waals surface area (Å²) in [5, 5.41) is 2.80. The molecule has 0 radical (unpaired) electrons. The van der Waals surface area contributed by atoms with Crippen molar-refractivity contribution < 1.29 is 38.0 Å². The second kappa shape index (κ2) is 21.7. The minimum absolute atomic E-state index is 0.0535. The number of esters is 1. The minimum atomic E-state index is -0.414. The van der Waals surface area contributed by atoms with Gasteiger partial charge in [-0.1, -0.05) is 81.1 Å². The van der Waals surface area contributed by atoms with E-state index in [-0.39, 0.29) is 18.5 Å². The van der Waals surface area contributed by atoms with Crippen molar-refractivity contribution in [1.82, 2.24) is 5.32 Å². The molecule has 0 aromatic heterocycles. The van der Waals surface area contributed by atoms with E-state index >= 15 is 0 Å². The van der Waals surface area contributed by atoms with Crippen molar-refractivity contribution in [1.29, 1.82) is 0 Å². The van der Waals surface area contributed by atoms with E-state index in [4.69, 9.17) is 28.4 Å². The highest BCUT2D eigenvalue weighted by Crippen LogP contribution is 2.44. The summed E-state index contributed by atoms with van der Waals surface area (Å²) >= 11 is 0. The number of hydrogen-bond donors (Lipinski definition) is 1. The molecule has 1 aliphatic rings. The highest BCUT2D eigenvalue weighted by atomic mass is 16.6. The minimum Gasteiger partial charge on any atom is -0.463 e. The van der Waals surface area contributed by atoms with Gasteiger partial charge in [0.1, 0.15) is 13.2 Å². The van der Waals surface area contributed by atoms with Gasteiger partial charge in [-0.05, 0) is 35.1 Å². The van der Waals surface area contributed by atoms with E-state index in [2.05, 4.69) is 36.5 Å². The third-order valence-corrected chi connectivity index (χ3v) is 7.17. The van der Waals surface area contributed by atoms with Crippen LogP contribution in [-0.4, -0.2) is 84.7 Å². The van der Waals surface area contributed by atoms with Gasteiger partial charge in [0.05, 0.1) is 46.2 Å². The average molecular weight is 600 g/mol. The van der Waals surface area contributed by atoms with Gasteiger partial charge in [0, 0.05) is 25.5 Å². The molecule has 0 bridgehead atoms. The predicted octanol–water partition coefficient (Wildman–Crippen LogP) is 5.89. The van der Waals surface area contributed by atoms with Gasteiger partial charge in [-0.25, -0.2) is 4.79 Å². The van der Waals surface area contributed by atoms with E-state index in [0.717, 1.165) is 12.8 Å². The summed E-state index contributed by atoms with van der Waals surface area (Å²) in [6.07, 6.45) is 6.33. The fourth-order valence-electron chi connectivity index (χ4n) is 4.94. The van der Waals surface area contributed by atoms with Crippen LogP contribution in [0.15, 0.2) is 48.5 Å². The van der Waals surface area contributed by atoms with E-state index in [1.807, 2.05) is 24.3 Å². The van der Waals surface area contributed by atoms with Crippen LogP contribution < -0.4 is 5.32 Å². The van der Waals surface area contributed by atoms with Crippen LogP contribution in [0.5, 0.6) is 0 Å². The van der Waals surface area contributed by atoms with E-state index in [0.29, 0.717) is 78.8 Å². The van der Waals surface area contributed by atoms with Gasteiger partial charge in [0.15, 0.2) is 0 Å². The molecule has 0 saturated heterocycles. The lowest BCUT2D eigenvalue weighted by molar-refractivity contribution is -0.145. The molecule has 1 amide bonds. The van der Waals surface area contributed by atoms with Gasteiger partial charge in [-0.2, -0.15) is 0 Å². The van der Waals surface area contributed by atoms with Crippen LogP contribution in [0.3, 0.4) is 0 Å². The number of carbonyl (C=O) groups excluding carboxylic acids is 2. The number of alkyl carbamates (subject to hydrolysis) is 1. The third kappa shape index (κ3) is 13.5. The molecule has 3 rings (SSSR count). The Bertz CT molecular complexity index is 1020. The molecule has 0 spiro atoms. The summed E-state index contributed by atoms with van der Waals surface area (Å²) < 4.78 is 32.6. The van der Waals surface area contributed by atoms with Gasteiger partial charge in [-0.3, -0.25) is 4.79 Å². The Morgan fingerprint density at radius 1 is 0.628 bits per heavy atom. The van der Waals surface area contributed by atoms with Crippen molar-refractivity contribution >= 4 is 12.1 Å². The number of amides is 1. The third-order valence-electron chi connectivity index (χ3n) is 7.17. The molecular formula is C34H49NO8. The molecule has 0 atom stereocenters. The quantitative estimate of drug-likeness (QED) is 0.118. The van der Waals surface area contributed by atoms with E-state index in [1.54, 1.807) is 0 Å². The first-order chi connectivity index (χ1) is 21.2. The van der Waals surface area contributed by atoms with Crippen LogP contribution in [0.25, 0.3) is 11.1 Å². The lowest BCUT2D eigenvalue weighted by atomic mass is 9.98. The van der Waals surface area contributed by atoms with Crippen molar-refractivity contribution in [2.75, 3.05) is 72.6 Å². The molecule has 0 fully saturated rings. The molecule has 2 aromatic carbocycles. The van der Waals surface area contributed by atoms with Crippen LogP contribution in [-0.2, 0) is 33.2 Å². The van der Waals surface area contributed by atoms with E-state index in [1.165, 1.54) is 41.5 Å². The largest absolute Gasteiger partial charge is 0.463 e. The predicted molar refractivity (Wildman–Crippen MR) is 165 cm³/mol. The molecule has 0 heterocycles. The molecule has 2 aromatic rings. The Kier molecular flexibility index (Phi) is 17.4. The smallest absolute Gasteiger partial charge is 0.407 e. The van der Waals surface area contributed by atoms with Crippen LogP contribution >= 0.6 is 0 Å². The van der Waals surface area contributed by atoms with Gasteiger partial charge in [0.25, 0.3) is 0 Å². The molecule has 9 nitrogen and oxygen atoms in total. The number of unbranched alkanes of at least 4 members (excludes halogenated alkanes) is 4. The molecule has 1 N–H and O–H groups in total. The first-order valence-corrected chi connectivity index (χ1v) is 15.8. The topological polar surface area (TPSA) is 102 Å². The van der Waals surface area contributed by atoms with Crippen LogP contribution in [0, 0.1) is 0 Å². The maximum atomic E-state index is 12.2. The van der Waals surface area contributed by atoms with Gasteiger partial charge < -0.3 is 33.7 Å². The summed E-state index contributed by atoms with van der Waals surface area (Å²) in [4.78, 5) is 23.8. The first-order valence-electron chi connectivity index (χ1n) is 15.8. The van der Waals surface area contributed by atoms with Crippen LogP contribution in [0.4, 0.5) is 4.79 Å². The highest BCUT2D eigenvalue weighted by molar-refractivity contribution is 5.79. The Labute approximate surface area is 256 Å². The van der Waals surface area contributed by atoms with Crippen molar-refractivity contribution in [2.24, 2.45) is 0 Å². The second-order valence-electron chi connectivity index (χ2n) is 10.4. The summed E-state index contributed by atoms with van der Waals surface area (Å²) in [6.45, 7) is 6.95. The Morgan fingerprint density at radius 2 is 1.16 bits per heavy atom. The fraction of sp³-hybridized carbons (Fsp3) is 0.588. The average Bonchev–Trinajstić information content (AvgIpc) is 3.35. The zero-order valence-corrected chi connectivity index (χ0v) is 25.7. The Hall–Kier alpha value is -2.98. The number of fused-ring (bicyclic) bond motifs is 3. The lowest BCUT2D eigenvalue weighted by Gasteiger charge is -2.14. The van der Waals surface area contributed by atoms with Crippen molar-refractivity contribution in [3.8, 4) is 11.1 Å². The molecular weight excluding hydrogens is 550 g/mol. The van der Waals surface area contributed by atoms with E-state index < -0.39 is 6.09 Å². The highest BCUT2D eigenvalue weighted by Gasteiger charge is 2.28. The molecule has 1 aliphatic carbocycles. The Balaban J connectivity index is 1.05. The molecule has 0 aliphatic heterocycles. The van der Waals surface area contributed by atoms with E-state index in [9.17, 15) is 9.59 Å². The molecule has 238 valence electrons. The second-order valence-corrected chi connectivity index (χ2v) is 10.4. The molecule has 0 unspecified atom stereocenters. The van der Waals surface area contributed by atoms with Gasteiger partial charge in [0.2, 0.25) is 0 Å². The Morgan fingerprint density at radius 3 is 1.77 bits per heavy atom. The number of nitrogens with one attached hydrogen (secondary N) is 1. The summed E-state index contributed by atoms with van der Waals surface area (Å²) in [5.74, 6) is -0.0968. The maximum Gasteiger partial charge on any atom is 0.407 e. The summed E-state index contributed by atoms with van der Waals surface area (Å²) in [5.41, 5.74) is 4.81. The van der Waals surface area contributed by atoms with Gasteiger partial charge in [-0.15, -0.1) is 0 Å². The van der Waals surface area contributed by atoms with Crippen LogP contribution in [0.1, 0.15) is 68.9 Å².